The molecule has 0 aliphatic carbocycles. The Balaban J connectivity index is 1.57. The highest BCUT2D eigenvalue weighted by atomic mass is 16.6. The van der Waals surface area contributed by atoms with Crippen molar-refractivity contribution in [1.29, 1.82) is 0 Å². The molecule has 1 aliphatic rings. The van der Waals surface area contributed by atoms with Crippen molar-refractivity contribution in [3.63, 3.8) is 0 Å². The molecule has 0 bridgehead atoms. The molecule has 134 valence electrons. The molecule has 0 spiro atoms. The number of carbonyl (C=O) groups excluding carboxylic acids is 1. The zero-order chi connectivity index (χ0) is 17.8. The summed E-state index contributed by atoms with van der Waals surface area (Å²) in [6.45, 7) is 1.34. The first-order chi connectivity index (χ1) is 12.8. The first-order valence-electron chi connectivity index (χ1n) is 8.61. The maximum absolute atomic E-state index is 12.6. The fraction of sp³-hybridized carbons (Fsp3) is 0.316. The van der Waals surface area contributed by atoms with Crippen LogP contribution in [0.1, 0.15) is 29.1 Å². The van der Waals surface area contributed by atoms with Crippen LogP contribution >= 0.6 is 0 Å². The molecule has 3 heterocycles. The molecule has 1 saturated heterocycles. The maximum Gasteiger partial charge on any atom is 0.360 e. The van der Waals surface area contributed by atoms with E-state index >= 15 is 0 Å². The summed E-state index contributed by atoms with van der Waals surface area (Å²) in [5.74, 6) is 0.594. The van der Waals surface area contributed by atoms with E-state index in [1.165, 1.54) is 0 Å². The highest BCUT2D eigenvalue weighted by molar-refractivity contribution is 5.95. The highest BCUT2D eigenvalue weighted by Gasteiger charge is 2.22. The number of nitrogens with zero attached hydrogens (tertiary/aromatic N) is 2. The number of carbonyl (C=O) groups is 1. The average Bonchev–Trinajstić information content (AvgIpc) is 3.37. The lowest BCUT2D eigenvalue weighted by Gasteiger charge is -2.13. The van der Waals surface area contributed by atoms with Crippen molar-refractivity contribution in [1.82, 2.24) is 9.97 Å². The van der Waals surface area contributed by atoms with Crippen LogP contribution in [0.3, 0.4) is 0 Å². The molecule has 1 fully saturated rings. The van der Waals surface area contributed by atoms with Crippen LogP contribution in [0.4, 0.5) is 5.82 Å². The quantitative estimate of drug-likeness (QED) is 0.681. The number of fused-ring (bicyclic) bond motifs is 1. The molecule has 26 heavy (non-hydrogen) atoms. The maximum atomic E-state index is 12.6. The molecule has 1 aromatic carbocycles. The molecule has 4 rings (SSSR count). The number of ether oxygens (including phenoxy) is 2. The standard InChI is InChI=1S/C19H19N3O4/c23-19(26-12-14-6-4-10-25-14)17-18(20-11-13-5-3-9-24-13)22-16-8-2-1-7-15(16)21-17/h1-3,5,7-9,14H,4,6,10-12H2,(H,20,22). The van der Waals surface area contributed by atoms with E-state index < -0.39 is 5.97 Å². The van der Waals surface area contributed by atoms with Gasteiger partial charge in [0.2, 0.25) is 0 Å². The van der Waals surface area contributed by atoms with Crippen molar-refractivity contribution in [2.45, 2.75) is 25.5 Å². The summed E-state index contributed by atoms with van der Waals surface area (Å²) >= 11 is 0. The summed E-state index contributed by atoms with van der Waals surface area (Å²) in [6, 6.07) is 11.0. The normalized spacial score (nSPS) is 16.7. The number of hydrogen-bond donors (Lipinski definition) is 1. The molecule has 1 unspecified atom stereocenters. The molecule has 0 radical (unpaired) electrons. The van der Waals surface area contributed by atoms with Crippen LogP contribution in [0, 0.1) is 0 Å². The molecule has 2 aromatic heterocycles. The van der Waals surface area contributed by atoms with Gasteiger partial charge in [0.25, 0.3) is 0 Å². The predicted molar refractivity (Wildman–Crippen MR) is 94.8 cm³/mol. The van der Waals surface area contributed by atoms with Crippen molar-refractivity contribution < 1.29 is 18.7 Å². The number of anilines is 1. The SMILES string of the molecule is O=C(OCC1CCCO1)c1nc2ccccc2nc1NCc1ccco1. The largest absolute Gasteiger partial charge is 0.467 e. The van der Waals surface area contributed by atoms with Crippen LogP contribution in [0.2, 0.25) is 0 Å². The highest BCUT2D eigenvalue weighted by Crippen LogP contribution is 2.20. The van der Waals surface area contributed by atoms with Crippen molar-refractivity contribution in [2.24, 2.45) is 0 Å². The van der Waals surface area contributed by atoms with E-state index in [2.05, 4.69) is 15.3 Å². The number of hydrogen-bond acceptors (Lipinski definition) is 7. The molecule has 3 aromatic rings. The zero-order valence-electron chi connectivity index (χ0n) is 14.2. The number of furan rings is 1. The van der Waals surface area contributed by atoms with E-state index in [0.29, 0.717) is 30.0 Å². The van der Waals surface area contributed by atoms with Gasteiger partial charge in [-0.2, -0.15) is 0 Å². The monoisotopic (exact) mass is 353 g/mol. The second kappa shape index (κ2) is 7.53. The Morgan fingerprint density at radius 3 is 2.77 bits per heavy atom. The molecule has 7 heteroatoms. The Morgan fingerprint density at radius 1 is 1.19 bits per heavy atom. The van der Waals surface area contributed by atoms with E-state index in [0.717, 1.165) is 18.6 Å². The minimum Gasteiger partial charge on any atom is -0.467 e. The summed E-state index contributed by atoms with van der Waals surface area (Å²) in [5, 5.41) is 3.12. The number of esters is 1. The summed E-state index contributed by atoms with van der Waals surface area (Å²) in [6.07, 6.45) is 3.46. The van der Waals surface area contributed by atoms with Crippen LogP contribution < -0.4 is 5.32 Å². The van der Waals surface area contributed by atoms with Gasteiger partial charge < -0.3 is 19.2 Å². The van der Waals surface area contributed by atoms with E-state index in [4.69, 9.17) is 13.9 Å². The molecule has 1 aliphatic heterocycles. The number of nitrogens with one attached hydrogen (secondary N) is 1. The lowest BCUT2D eigenvalue weighted by molar-refractivity contribution is 0.0157. The Labute approximate surface area is 150 Å². The first kappa shape index (κ1) is 16.5. The van der Waals surface area contributed by atoms with E-state index in [1.807, 2.05) is 30.3 Å². The Morgan fingerprint density at radius 2 is 2.04 bits per heavy atom. The third-order valence-corrected chi connectivity index (χ3v) is 4.20. The minimum atomic E-state index is -0.513. The lowest BCUT2D eigenvalue weighted by atomic mass is 10.2. The van der Waals surface area contributed by atoms with Crippen molar-refractivity contribution in [3.8, 4) is 0 Å². The molecule has 0 saturated carbocycles. The second-order valence-electron chi connectivity index (χ2n) is 6.08. The van der Waals surface area contributed by atoms with Gasteiger partial charge in [-0.3, -0.25) is 0 Å². The summed E-state index contributed by atoms with van der Waals surface area (Å²) in [7, 11) is 0. The molecule has 1 atom stereocenters. The summed E-state index contributed by atoms with van der Waals surface area (Å²) in [4.78, 5) is 21.6. The van der Waals surface area contributed by atoms with Gasteiger partial charge in [-0.15, -0.1) is 0 Å². The van der Waals surface area contributed by atoms with Crippen molar-refractivity contribution in [3.05, 3.63) is 54.1 Å². The van der Waals surface area contributed by atoms with Crippen LogP contribution in [0.5, 0.6) is 0 Å². The van der Waals surface area contributed by atoms with Crippen molar-refractivity contribution in [2.75, 3.05) is 18.5 Å². The molecular formula is C19H19N3O4. The first-order valence-corrected chi connectivity index (χ1v) is 8.61. The van der Waals surface area contributed by atoms with Crippen LogP contribution in [-0.2, 0) is 16.0 Å². The molecule has 0 amide bonds. The molecular weight excluding hydrogens is 334 g/mol. The van der Waals surface area contributed by atoms with E-state index in [9.17, 15) is 4.79 Å². The van der Waals surface area contributed by atoms with Gasteiger partial charge in [0, 0.05) is 6.61 Å². The van der Waals surface area contributed by atoms with Crippen molar-refractivity contribution >= 4 is 22.8 Å². The fourth-order valence-corrected chi connectivity index (χ4v) is 2.86. The third-order valence-electron chi connectivity index (χ3n) is 4.20. The van der Waals surface area contributed by atoms with Crippen LogP contribution in [-0.4, -0.2) is 35.3 Å². The molecule has 7 nitrogen and oxygen atoms in total. The number of benzene rings is 1. The van der Waals surface area contributed by atoms with E-state index in [1.54, 1.807) is 12.3 Å². The summed E-state index contributed by atoms with van der Waals surface area (Å²) < 4.78 is 16.2. The third kappa shape index (κ3) is 3.67. The zero-order valence-corrected chi connectivity index (χ0v) is 14.2. The lowest BCUT2D eigenvalue weighted by Crippen LogP contribution is -2.20. The predicted octanol–water partition coefficient (Wildman–Crippen LogP) is 3.17. The van der Waals surface area contributed by atoms with E-state index in [-0.39, 0.29) is 18.4 Å². The summed E-state index contributed by atoms with van der Waals surface area (Å²) in [5.41, 5.74) is 1.50. The number of para-hydroxylation sites is 2. The fourth-order valence-electron chi connectivity index (χ4n) is 2.86. The number of rotatable bonds is 6. The van der Waals surface area contributed by atoms with Crippen LogP contribution in [0.15, 0.2) is 47.1 Å². The smallest absolute Gasteiger partial charge is 0.360 e. The van der Waals surface area contributed by atoms with Gasteiger partial charge in [0.05, 0.1) is 29.9 Å². The molecule has 1 N–H and O–H groups in total. The van der Waals surface area contributed by atoms with Crippen LogP contribution in [0.25, 0.3) is 11.0 Å². The topological polar surface area (TPSA) is 86.5 Å². The Hall–Kier alpha value is -2.93. The van der Waals surface area contributed by atoms with Gasteiger partial charge >= 0.3 is 5.97 Å². The van der Waals surface area contributed by atoms with Gasteiger partial charge in [-0.05, 0) is 37.1 Å². The number of aromatic nitrogens is 2. The second-order valence-corrected chi connectivity index (χ2v) is 6.08. The average molecular weight is 353 g/mol. The minimum absolute atomic E-state index is 0.0353. The van der Waals surface area contributed by atoms with Gasteiger partial charge in [-0.25, -0.2) is 14.8 Å². The van der Waals surface area contributed by atoms with Gasteiger partial charge in [0.15, 0.2) is 11.5 Å². The Bertz CT molecular complexity index is 889. The van der Waals surface area contributed by atoms with Gasteiger partial charge in [-0.1, -0.05) is 12.1 Å². The van der Waals surface area contributed by atoms with Gasteiger partial charge in [0.1, 0.15) is 12.4 Å². The Kier molecular flexibility index (Phi) is 4.79.